The quantitative estimate of drug-likeness (QED) is 0.872. The van der Waals surface area contributed by atoms with Crippen LogP contribution in [0.3, 0.4) is 0 Å². The van der Waals surface area contributed by atoms with Crippen LogP contribution in [0.4, 0.5) is 0 Å². The lowest BCUT2D eigenvalue weighted by atomic mass is 9.91. The van der Waals surface area contributed by atoms with Gasteiger partial charge < -0.3 is 15.3 Å². The second kappa shape index (κ2) is 5.72. The molecule has 1 spiro atoms. The van der Waals surface area contributed by atoms with Crippen LogP contribution in [0.2, 0.25) is 0 Å². The van der Waals surface area contributed by atoms with E-state index in [0.29, 0.717) is 18.0 Å². The van der Waals surface area contributed by atoms with E-state index in [1.165, 1.54) is 11.3 Å². The maximum absolute atomic E-state index is 12.1. The molecule has 0 aromatic carbocycles. The molecule has 2 N–H and O–H groups in total. The average Bonchev–Trinajstić information content (AvgIpc) is 2.97. The molecule has 22 heavy (non-hydrogen) atoms. The number of amides is 2. The molecule has 2 aliphatic rings. The highest BCUT2D eigenvalue weighted by Gasteiger charge is 2.59. The number of piperidine rings is 1. The highest BCUT2D eigenvalue weighted by molar-refractivity contribution is 7.12. The molecule has 1 aliphatic heterocycles. The van der Waals surface area contributed by atoms with Crippen LogP contribution < -0.4 is 5.32 Å². The number of hydrogen-bond donors (Lipinski definition) is 2. The summed E-state index contributed by atoms with van der Waals surface area (Å²) in [5, 5.41) is 13.5. The number of nitrogens with one attached hydrogen (secondary N) is 1. The molecular formula is C15H18N2O4S. The van der Waals surface area contributed by atoms with Gasteiger partial charge in [0.25, 0.3) is 5.91 Å². The Morgan fingerprint density at radius 2 is 2.09 bits per heavy atom. The Balaban J connectivity index is 1.45. The molecule has 1 saturated heterocycles. The second-order valence-electron chi connectivity index (χ2n) is 6.00. The third-order valence-corrected chi connectivity index (χ3v) is 5.61. The molecule has 1 saturated carbocycles. The Labute approximate surface area is 132 Å². The minimum absolute atomic E-state index is 0.00784. The predicted molar refractivity (Wildman–Crippen MR) is 80.6 cm³/mol. The van der Waals surface area contributed by atoms with E-state index in [-0.39, 0.29) is 29.7 Å². The Hall–Kier alpha value is -1.89. The number of aliphatic carboxylic acids is 1. The number of carbonyl (C=O) groups excluding carboxylic acids is 2. The average molecular weight is 322 g/mol. The lowest BCUT2D eigenvalue weighted by Crippen LogP contribution is -2.44. The standard InChI is InChI=1S/C15H18N2O4S/c18-12(9-16-13(19)11-2-1-7-22-11)17-5-3-15(4-6-17)8-10(15)14(20)21/h1-2,7,10H,3-6,8-9H2,(H,16,19)(H,20,21). The first-order valence-corrected chi connectivity index (χ1v) is 8.22. The number of hydrogen-bond acceptors (Lipinski definition) is 4. The molecule has 0 bridgehead atoms. The van der Waals surface area contributed by atoms with Crippen molar-refractivity contribution in [1.82, 2.24) is 10.2 Å². The third kappa shape index (κ3) is 2.85. The zero-order valence-electron chi connectivity index (χ0n) is 12.1. The molecule has 2 heterocycles. The molecule has 0 radical (unpaired) electrons. The summed E-state index contributed by atoms with van der Waals surface area (Å²) in [7, 11) is 0. The van der Waals surface area contributed by atoms with Gasteiger partial charge in [-0.3, -0.25) is 14.4 Å². The van der Waals surface area contributed by atoms with Crippen molar-refractivity contribution in [2.45, 2.75) is 19.3 Å². The molecule has 7 heteroatoms. The van der Waals surface area contributed by atoms with Gasteiger partial charge in [-0.1, -0.05) is 6.07 Å². The van der Waals surface area contributed by atoms with Crippen LogP contribution in [-0.4, -0.2) is 47.4 Å². The summed E-state index contributed by atoms with van der Waals surface area (Å²) in [6.45, 7) is 1.15. The van der Waals surface area contributed by atoms with Gasteiger partial charge in [-0.15, -0.1) is 11.3 Å². The highest BCUT2D eigenvalue weighted by atomic mass is 32.1. The lowest BCUT2D eigenvalue weighted by molar-refractivity contribution is -0.139. The van der Waals surface area contributed by atoms with Crippen LogP contribution in [0.1, 0.15) is 28.9 Å². The smallest absolute Gasteiger partial charge is 0.307 e. The van der Waals surface area contributed by atoms with Crippen molar-refractivity contribution < 1.29 is 19.5 Å². The van der Waals surface area contributed by atoms with E-state index < -0.39 is 5.97 Å². The Kier molecular flexibility index (Phi) is 3.90. The highest BCUT2D eigenvalue weighted by Crippen LogP contribution is 2.59. The summed E-state index contributed by atoms with van der Waals surface area (Å²) >= 11 is 1.34. The zero-order valence-corrected chi connectivity index (χ0v) is 12.9. The molecule has 1 unspecified atom stereocenters. The summed E-state index contributed by atoms with van der Waals surface area (Å²) in [6, 6.07) is 3.51. The molecule has 2 fully saturated rings. The molecule has 2 amide bonds. The summed E-state index contributed by atoms with van der Waals surface area (Å²) < 4.78 is 0. The van der Waals surface area contributed by atoms with E-state index in [4.69, 9.17) is 5.11 Å². The predicted octanol–water partition coefficient (Wildman–Crippen LogP) is 1.19. The molecular weight excluding hydrogens is 304 g/mol. The van der Waals surface area contributed by atoms with Crippen molar-refractivity contribution in [3.05, 3.63) is 22.4 Å². The van der Waals surface area contributed by atoms with E-state index in [1.54, 1.807) is 17.0 Å². The van der Waals surface area contributed by atoms with Crippen molar-refractivity contribution >= 4 is 29.1 Å². The molecule has 1 aromatic rings. The summed E-state index contributed by atoms with van der Waals surface area (Å²) in [5.41, 5.74) is -0.0805. The minimum atomic E-state index is -0.719. The maximum atomic E-state index is 12.1. The van der Waals surface area contributed by atoms with Gasteiger partial charge >= 0.3 is 5.97 Å². The fraction of sp³-hybridized carbons (Fsp3) is 0.533. The number of carbonyl (C=O) groups is 3. The molecule has 1 aromatic heterocycles. The molecule has 6 nitrogen and oxygen atoms in total. The third-order valence-electron chi connectivity index (χ3n) is 4.74. The second-order valence-corrected chi connectivity index (χ2v) is 6.95. The van der Waals surface area contributed by atoms with Gasteiger partial charge in [-0.2, -0.15) is 0 Å². The van der Waals surface area contributed by atoms with Crippen LogP contribution in [-0.2, 0) is 9.59 Å². The first kappa shape index (κ1) is 15.0. The SMILES string of the molecule is O=C(NCC(=O)N1CCC2(CC1)CC2C(=O)O)c1cccs1. The Morgan fingerprint density at radius 3 is 2.64 bits per heavy atom. The first-order chi connectivity index (χ1) is 10.5. The van der Waals surface area contributed by atoms with Gasteiger partial charge in [0.15, 0.2) is 0 Å². The van der Waals surface area contributed by atoms with Crippen molar-refractivity contribution in [3.63, 3.8) is 0 Å². The number of nitrogens with zero attached hydrogens (tertiary/aromatic N) is 1. The molecule has 118 valence electrons. The van der Waals surface area contributed by atoms with Crippen molar-refractivity contribution in [3.8, 4) is 0 Å². The largest absolute Gasteiger partial charge is 0.481 e. The van der Waals surface area contributed by atoms with Crippen LogP contribution >= 0.6 is 11.3 Å². The van der Waals surface area contributed by atoms with Gasteiger partial charge in [0, 0.05) is 13.1 Å². The van der Waals surface area contributed by atoms with Gasteiger partial charge in [0.1, 0.15) is 0 Å². The van der Waals surface area contributed by atoms with E-state index in [0.717, 1.165) is 19.3 Å². The topological polar surface area (TPSA) is 86.7 Å². The number of carboxylic acid groups (broad SMARTS) is 1. The normalized spacial score (nSPS) is 22.4. The van der Waals surface area contributed by atoms with Crippen LogP contribution in [0.15, 0.2) is 17.5 Å². The van der Waals surface area contributed by atoms with Gasteiger partial charge in [0.05, 0.1) is 17.3 Å². The van der Waals surface area contributed by atoms with Crippen molar-refractivity contribution in [2.75, 3.05) is 19.6 Å². The zero-order chi connectivity index (χ0) is 15.7. The summed E-state index contributed by atoms with van der Waals surface area (Å²) in [5.74, 6) is -1.29. The fourth-order valence-corrected chi connectivity index (χ4v) is 3.85. The number of rotatable bonds is 4. The van der Waals surface area contributed by atoms with E-state index in [1.807, 2.05) is 5.38 Å². The van der Waals surface area contributed by atoms with Crippen LogP contribution in [0.25, 0.3) is 0 Å². The maximum Gasteiger partial charge on any atom is 0.307 e. The molecule has 1 aliphatic carbocycles. The Morgan fingerprint density at radius 1 is 1.36 bits per heavy atom. The van der Waals surface area contributed by atoms with Gasteiger partial charge in [-0.05, 0) is 36.1 Å². The minimum Gasteiger partial charge on any atom is -0.481 e. The van der Waals surface area contributed by atoms with Crippen molar-refractivity contribution in [1.29, 1.82) is 0 Å². The number of carboxylic acids is 1. The van der Waals surface area contributed by atoms with Gasteiger partial charge in [-0.25, -0.2) is 0 Å². The first-order valence-electron chi connectivity index (χ1n) is 7.34. The van der Waals surface area contributed by atoms with Crippen LogP contribution in [0, 0.1) is 11.3 Å². The lowest BCUT2D eigenvalue weighted by Gasteiger charge is -2.32. The van der Waals surface area contributed by atoms with E-state index >= 15 is 0 Å². The molecule has 3 rings (SSSR count). The Bertz CT molecular complexity index is 591. The van der Waals surface area contributed by atoms with E-state index in [2.05, 4.69) is 5.32 Å². The number of thiophene rings is 1. The molecule has 1 atom stereocenters. The number of likely N-dealkylation sites (tertiary alicyclic amines) is 1. The van der Waals surface area contributed by atoms with E-state index in [9.17, 15) is 14.4 Å². The monoisotopic (exact) mass is 322 g/mol. The fourth-order valence-electron chi connectivity index (χ4n) is 3.21. The van der Waals surface area contributed by atoms with Crippen LogP contribution in [0.5, 0.6) is 0 Å². The summed E-state index contributed by atoms with van der Waals surface area (Å²) in [6.07, 6.45) is 2.22. The van der Waals surface area contributed by atoms with Crippen molar-refractivity contribution in [2.24, 2.45) is 11.3 Å². The summed E-state index contributed by atoms with van der Waals surface area (Å²) in [4.78, 5) is 37.2. The van der Waals surface area contributed by atoms with Gasteiger partial charge in [0.2, 0.25) is 5.91 Å².